The molecule has 0 aliphatic rings. The number of nitrogen functional groups attached to an aromatic ring is 2. The first-order valence-corrected chi connectivity index (χ1v) is 3.53. The maximum Gasteiger partial charge on any atom is 0.224 e. The summed E-state index contributed by atoms with van der Waals surface area (Å²) >= 11 is 0. The Morgan fingerprint density at radius 3 is 2.85 bits per heavy atom. The second kappa shape index (κ2) is 2.47. The van der Waals surface area contributed by atoms with E-state index in [-0.39, 0.29) is 11.8 Å². The van der Waals surface area contributed by atoms with Gasteiger partial charge >= 0.3 is 0 Å². The lowest BCUT2D eigenvalue weighted by molar-refractivity contribution is 0.176. The summed E-state index contributed by atoms with van der Waals surface area (Å²) in [6.07, 6.45) is 1.45. The van der Waals surface area contributed by atoms with Crippen LogP contribution in [0.25, 0.3) is 11.2 Å². The smallest absolute Gasteiger partial charge is 0.224 e. The molecule has 0 fully saturated rings. The van der Waals surface area contributed by atoms with Crippen molar-refractivity contribution in [3.05, 3.63) is 6.33 Å². The van der Waals surface area contributed by atoms with Gasteiger partial charge < -0.3 is 16.3 Å². The molecule has 0 radical (unpaired) electrons. The second-order valence-electron chi connectivity index (χ2n) is 2.39. The van der Waals surface area contributed by atoms with Gasteiger partial charge in [0.15, 0.2) is 11.3 Å². The van der Waals surface area contributed by atoms with E-state index in [1.54, 1.807) is 0 Å². The highest BCUT2D eigenvalue weighted by Gasteiger charge is 2.09. The fraction of sp³-hybridized carbons (Fsp3) is 0.167. The monoisotopic (exact) mass is 180 g/mol. The molecule has 0 bridgehead atoms. The minimum absolute atomic E-state index is 0.101. The zero-order valence-electron chi connectivity index (χ0n) is 6.93. The van der Waals surface area contributed by atoms with E-state index in [1.807, 2.05) is 0 Å². The molecule has 2 aromatic heterocycles. The average Bonchev–Trinajstić information content (AvgIpc) is 2.47. The normalized spacial score (nSPS) is 10.5. The number of fused-ring (bicyclic) bond motifs is 1. The van der Waals surface area contributed by atoms with Crippen molar-refractivity contribution < 1.29 is 4.84 Å². The summed E-state index contributed by atoms with van der Waals surface area (Å²) in [6, 6.07) is 0. The molecule has 0 aromatic carbocycles. The van der Waals surface area contributed by atoms with Gasteiger partial charge in [-0.05, 0) is 0 Å². The van der Waals surface area contributed by atoms with Crippen molar-refractivity contribution in [3.8, 4) is 0 Å². The molecule has 13 heavy (non-hydrogen) atoms. The molecule has 0 amide bonds. The largest absolute Gasteiger partial charge is 0.414 e. The lowest BCUT2D eigenvalue weighted by Crippen LogP contribution is -2.07. The van der Waals surface area contributed by atoms with Crippen LogP contribution in [0.2, 0.25) is 0 Å². The predicted octanol–water partition coefficient (Wildman–Crippen LogP) is -0.951. The first kappa shape index (κ1) is 7.59. The van der Waals surface area contributed by atoms with E-state index < -0.39 is 0 Å². The third-order valence-electron chi connectivity index (χ3n) is 1.61. The Balaban J connectivity index is 2.82. The highest BCUT2D eigenvalue weighted by molar-refractivity contribution is 5.82. The summed E-state index contributed by atoms with van der Waals surface area (Å²) in [7, 11) is 1.50. The van der Waals surface area contributed by atoms with Crippen molar-refractivity contribution in [2.75, 3.05) is 18.6 Å². The molecule has 7 heteroatoms. The lowest BCUT2D eigenvalue weighted by atomic mass is 10.5. The molecule has 7 nitrogen and oxygen atoms in total. The van der Waals surface area contributed by atoms with Crippen LogP contribution in [0.4, 0.5) is 11.8 Å². The first-order valence-electron chi connectivity index (χ1n) is 3.53. The number of hydrogen-bond donors (Lipinski definition) is 2. The lowest BCUT2D eigenvalue weighted by Gasteiger charge is -2.00. The maximum absolute atomic E-state index is 5.56. The minimum Gasteiger partial charge on any atom is -0.414 e. The van der Waals surface area contributed by atoms with Crippen LogP contribution < -0.4 is 16.3 Å². The Hall–Kier alpha value is -2.05. The molecule has 2 rings (SSSR count). The summed E-state index contributed by atoms with van der Waals surface area (Å²) in [6.45, 7) is 0. The Labute approximate surface area is 73.3 Å². The van der Waals surface area contributed by atoms with E-state index in [0.717, 1.165) is 0 Å². The van der Waals surface area contributed by atoms with Crippen LogP contribution >= 0.6 is 0 Å². The summed E-state index contributed by atoms with van der Waals surface area (Å²) in [4.78, 5) is 16.6. The highest BCUT2D eigenvalue weighted by atomic mass is 16.6. The van der Waals surface area contributed by atoms with Gasteiger partial charge in [-0.3, -0.25) is 0 Å². The topological polar surface area (TPSA) is 105 Å². The van der Waals surface area contributed by atoms with Crippen LogP contribution in [0.3, 0.4) is 0 Å². The molecule has 0 unspecified atom stereocenters. The second-order valence-corrected chi connectivity index (χ2v) is 2.39. The van der Waals surface area contributed by atoms with Crippen LogP contribution in [0, 0.1) is 0 Å². The van der Waals surface area contributed by atoms with Crippen LogP contribution in [-0.2, 0) is 0 Å². The van der Waals surface area contributed by atoms with Crippen LogP contribution in [-0.4, -0.2) is 26.8 Å². The number of nitrogens with zero attached hydrogens (tertiary/aromatic N) is 4. The number of nitrogens with two attached hydrogens (primary N) is 2. The minimum atomic E-state index is 0.101. The number of anilines is 2. The molecule has 4 N–H and O–H groups in total. The molecule has 0 spiro atoms. The van der Waals surface area contributed by atoms with Crippen molar-refractivity contribution in [2.45, 2.75) is 0 Å². The highest BCUT2D eigenvalue weighted by Crippen LogP contribution is 2.15. The standard InChI is InChI=1S/C6H8N6O/c1-13-12-2-9-3-4(7)10-6(8)11-5(3)12/h2H,1H3,(H4,7,8,10,11). The molecule has 2 heterocycles. The van der Waals surface area contributed by atoms with Gasteiger partial charge in [-0.25, -0.2) is 4.98 Å². The summed E-state index contributed by atoms with van der Waals surface area (Å²) in [5.74, 6) is 0.349. The van der Waals surface area contributed by atoms with Crippen LogP contribution in [0.1, 0.15) is 0 Å². The van der Waals surface area contributed by atoms with Crippen molar-refractivity contribution >= 4 is 22.9 Å². The predicted molar refractivity (Wildman–Crippen MR) is 46.7 cm³/mol. The van der Waals surface area contributed by atoms with E-state index in [4.69, 9.17) is 16.3 Å². The average molecular weight is 180 g/mol. The molecule has 0 aliphatic carbocycles. The van der Waals surface area contributed by atoms with Crippen molar-refractivity contribution in [2.24, 2.45) is 0 Å². The van der Waals surface area contributed by atoms with Gasteiger partial charge in [0.05, 0.1) is 0 Å². The summed E-state index contributed by atoms with van der Waals surface area (Å²) in [5.41, 5.74) is 11.9. The molecule has 68 valence electrons. The number of rotatable bonds is 1. The SMILES string of the molecule is COn1cnc2c(N)nc(N)nc21. The quantitative estimate of drug-likeness (QED) is 0.586. The van der Waals surface area contributed by atoms with E-state index in [0.29, 0.717) is 11.2 Å². The van der Waals surface area contributed by atoms with E-state index >= 15 is 0 Å². The molecule has 0 aliphatic heterocycles. The Morgan fingerprint density at radius 2 is 2.15 bits per heavy atom. The summed E-state index contributed by atoms with van der Waals surface area (Å²) < 4.78 is 1.36. The molecular weight excluding hydrogens is 172 g/mol. The Bertz CT molecular complexity index is 450. The summed E-state index contributed by atoms with van der Waals surface area (Å²) in [5, 5.41) is 0. The number of hydrogen-bond acceptors (Lipinski definition) is 6. The van der Waals surface area contributed by atoms with Crippen molar-refractivity contribution in [1.29, 1.82) is 0 Å². The third-order valence-corrected chi connectivity index (χ3v) is 1.61. The van der Waals surface area contributed by atoms with Gasteiger partial charge in [-0.1, -0.05) is 0 Å². The molecule has 2 aromatic rings. The van der Waals surface area contributed by atoms with Gasteiger partial charge in [-0.2, -0.15) is 14.7 Å². The molecule has 0 atom stereocenters. The zero-order valence-corrected chi connectivity index (χ0v) is 6.93. The Morgan fingerprint density at radius 1 is 1.38 bits per heavy atom. The van der Waals surface area contributed by atoms with E-state index in [2.05, 4.69) is 15.0 Å². The fourth-order valence-corrected chi connectivity index (χ4v) is 1.05. The van der Waals surface area contributed by atoms with Crippen LogP contribution in [0.15, 0.2) is 6.33 Å². The van der Waals surface area contributed by atoms with Gasteiger partial charge in [-0.15, -0.1) is 0 Å². The maximum atomic E-state index is 5.56. The fourth-order valence-electron chi connectivity index (χ4n) is 1.05. The first-order chi connectivity index (χ1) is 6.22. The Kier molecular flexibility index (Phi) is 1.44. The molecule has 0 saturated heterocycles. The van der Waals surface area contributed by atoms with Gasteiger partial charge in [0.25, 0.3) is 0 Å². The number of aromatic nitrogens is 4. The van der Waals surface area contributed by atoms with E-state index in [9.17, 15) is 0 Å². The van der Waals surface area contributed by atoms with Crippen molar-refractivity contribution in [3.63, 3.8) is 0 Å². The third kappa shape index (κ3) is 1.01. The van der Waals surface area contributed by atoms with Gasteiger partial charge in [0.1, 0.15) is 13.4 Å². The van der Waals surface area contributed by atoms with Gasteiger partial charge in [0, 0.05) is 0 Å². The molecular formula is C6H8N6O. The van der Waals surface area contributed by atoms with E-state index in [1.165, 1.54) is 18.2 Å². The van der Waals surface area contributed by atoms with Crippen LogP contribution in [0.5, 0.6) is 0 Å². The van der Waals surface area contributed by atoms with Crippen molar-refractivity contribution in [1.82, 2.24) is 19.7 Å². The van der Waals surface area contributed by atoms with Gasteiger partial charge in [0.2, 0.25) is 11.6 Å². The number of imidazole rings is 1. The molecule has 0 saturated carbocycles. The zero-order chi connectivity index (χ0) is 9.42.